The van der Waals surface area contributed by atoms with Gasteiger partial charge < -0.3 is 20.0 Å². The monoisotopic (exact) mass is 517 g/mol. The molecule has 0 spiro atoms. The second-order valence-corrected chi connectivity index (χ2v) is 8.22. The molecule has 32 heavy (non-hydrogen) atoms. The molecular weight excluding hydrogens is 493 g/mol. The zero-order chi connectivity index (χ0) is 24.7. The van der Waals surface area contributed by atoms with Crippen molar-refractivity contribution in [2.24, 2.45) is 0 Å². The van der Waals surface area contributed by atoms with E-state index < -0.39 is 5.97 Å². The highest BCUT2D eigenvalue weighted by Gasteiger charge is 2.15. The minimum absolute atomic E-state index is 0.317. The number of ether oxygens (including phenoxy) is 1. The van der Waals surface area contributed by atoms with E-state index in [1.54, 1.807) is 32.4 Å². The first-order valence-corrected chi connectivity index (χ1v) is 11.2. The highest BCUT2D eigenvalue weighted by molar-refractivity contribution is 7.18. The second kappa shape index (κ2) is 16.5. The fraction of sp³-hybridized carbons (Fsp3) is 0.217. The maximum Gasteiger partial charge on any atom is 0.348 e. The van der Waals surface area contributed by atoms with E-state index in [9.17, 15) is 4.79 Å². The smallest absolute Gasteiger partial charge is 0.348 e. The van der Waals surface area contributed by atoms with Crippen LogP contribution in [0.4, 0.5) is 5.69 Å². The number of hydrogen-bond donors (Lipinski definition) is 2. The van der Waals surface area contributed by atoms with Gasteiger partial charge in [0, 0.05) is 40.7 Å². The number of carbonyl (C=O) groups excluding carboxylic acids is 1. The predicted octanol–water partition coefficient (Wildman–Crippen LogP) is 7.58. The van der Waals surface area contributed by atoms with Crippen LogP contribution in [0.5, 0.6) is 0 Å². The first kappa shape index (κ1) is 29.9. The number of aryl methyl sites for hydroxylation is 1. The van der Waals surface area contributed by atoms with E-state index in [0.717, 1.165) is 27.6 Å². The number of nitrogens with one attached hydrogen (secondary N) is 1. The molecule has 0 fully saturated rings. The van der Waals surface area contributed by atoms with Gasteiger partial charge in [0.05, 0.1) is 5.69 Å². The Labute approximate surface area is 207 Å². The van der Waals surface area contributed by atoms with Gasteiger partial charge in [-0.3, -0.25) is 0 Å². The molecule has 1 aromatic heterocycles. The van der Waals surface area contributed by atoms with Crippen LogP contribution in [0.2, 0.25) is 15.1 Å². The maximum absolute atomic E-state index is 11.0. The number of carboxylic acids is 1. The van der Waals surface area contributed by atoms with E-state index in [1.807, 2.05) is 51.0 Å². The van der Waals surface area contributed by atoms with E-state index in [2.05, 4.69) is 10.1 Å². The van der Waals surface area contributed by atoms with Crippen LogP contribution in [-0.4, -0.2) is 38.6 Å². The molecule has 0 aliphatic heterocycles. The van der Waals surface area contributed by atoms with E-state index in [-0.39, 0.29) is 0 Å². The van der Waals surface area contributed by atoms with Gasteiger partial charge in [-0.2, -0.15) is 0 Å². The number of thiophene rings is 1. The van der Waals surface area contributed by atoms with Crippen molar-refractivity contribution in [3.05, 3.63) is 74.0 Å². The van der Waals surface area contributed by atoms with Crippen molar-refractivity contribution in [3.63, 3.8) is 0 Å². The summed E-state index contributed by atoms with van der Waals surface area (Å²) in [4.78, 5) is 20.3. The Morgan fingerprint density at radius 1 is 1.06 bits per heavy atom. The third kappa shape index (κ3) is 10.5. The molecule has 2 aromatic carbocycles. The Morgan fingerprint density at radius 2 is 1.59 bits per heavy atom. The quantitative estimate of drug-likeness (QED) is 0.372. The third-order valence-electron chi connectivity index (χ3n) is 3.75. The molecule has 9 heteroatoms. The van der Waals surface area contributed by atoms with E-state index >= 15 is 0 Å². The largest absolute Gasteiger partial charge is 0.477 e. The van der Waals surface area contributed by atoms with Crippen LogP contribution in [0.3, 0.4) is 0 Å². The molecule has 2 N–H and O–H groups in total. The lowest BCUT2D eigenvalue weighted by atomic mass is 10.2. The van der Waals surface area contributed by atoms with E-state index in [1.165, 1.54) is 11.3 Å². The van der Waals surface area contributed by atoms with Gasteiger partial charge in [-0.15, -0.1) is 11.3 Å². The lowest BCUT2D eigenvalue weighted by Gasteiger charge is -1.96. The highest BCUT2D eigenvalue weighted by atomic mass is 35.5. The minimum atomic E-state index is -0.917. The van der Waals surface area contributed by atoms with Crippen molar-refractivity contribution < 1.29 is 19.4 Å². The van der Waals surface area contributed by atoms with Crippen molar-refractivity contribution >= 4 is 64.6 Å². The molecule has 0 unspecified atom stereocenters. The van der Waals surface area contributed by atoms with Gasteiger partial charge in [-0.05, 0) is 55.3 Å². The lowest BCUT2D eigenvalue weighted by Crippen LogP contribution is -1.97. The van der Waals surface area contributed by atoms with Gasteiger partial charge in [-0.1, -0.05) is 53.0 Å². The van der Waals surface area contributed by atoms with Crippen molar-refractivity contribution in [3.8, 4) is 10.4 Å². The van der Waals surface area contributed by atoms with Gasteiger partial charge in [0.25, 0.3) is 0 Å². The topological polar surface area (TPSA) is 75.6 Å². The van der Waals surface area contributed by atoms with Gasteiger partial charge in [-0.25, -0.2) is 4.79 Å². The Bertz CT molecular complexity index is 960. The van der Waals surface area contributed by atoms with Crippen LogP contribution in [-0.2, 0) is 9.53 Å². The molecular formula is C23H26Cl3NO4S. The average Bonchev–Trinajstić information content (AvgIpc) is 3.24. The standard InChI is InChI=1S/C12H10ClNO2S.C7H6Cl2.C3H8O.CH2O/c1-14-9-6-10(17-11(9)12(15)16)7-2-4-8(13)5-3-7;1-5-2-3-6(8)4-7(5)9;1-3-4-2;1-2/h2-6,14H,1H3,(H,15,16);2-4H,1H3;3H2,1-2H3;1H2. The Kier molecular flexibility index (Phi) is 15.5. The molecule has 0 saturated carbocycles. The van der Waals surface area contributed by atoms with Crippen molar-refractivity contribution in [2.45, 2.75) is 13.8 Å². The minimum Gasteiger partial charge on any atom is -0.477 e. The summed E-state index contributed by atoms with van der Waals surface area (Å²) >= 11 is 18.4. The lowest BCUT2D eigenvalue weighted by molar-refractivity contribution is -0.0980. The number of halogens is 3. The molecule has 174 valence electrons. The molecule has 0 aliphatic carbocycles. The zero-order valence-electron chi connectivity index (χ0n) is 18.2. The summed E-state index contributed by atoms with van der Waals surface area (Å²) in [5.41, 5.74) is 2.65. The normalized spacial score (nSPS) is 9.22. The first-order valence-electron chi connectivity index (χ1n) is 9.23. The SMILES string of the molecule is C=O.CCOC.CNc1cc(-c2ccc(Cl)cc2)sc1C(=O)O.Cc1ccc(Cl)cc1Cl. The molecule has 0 aliphatic rings. The van der Waals surface area contributed by atoms with Crippen LogP contribution in [0.15, 0.2) is 48.5 Å². The number of methoxy groups -OCH3 is 1. The number of hydrogen-bond acceptors (Lipinski definition) is 5. The first-order chi connectivity index (χ1) is 15.2. The fourth-order valence-electron chi connectivity index (χ4n) is 2.06. The maximum atomic E-state index is 11.0. The molecule has 0 saturated heterocycles. The van der Waals surface area contributed by atoms with Crippen LogP contribution in [0.25, 0.3) is 10.4 Å². The Morgan fingerprint density at radius 3 is 1.97 bits per heavy atom. The number of benzene rings is 2. The van der Waals surface area contributed by atoms with Crippen LogP contribution in [0.1, 0.15) is 22.2 Å². The van der Waals surface area contributed by atoms with Crippen molar-refractivity contribution in [1.29, 1.82) is 0 Å². The summed E-state index contributed by atoms with van der Waals surface area (Å²) in [7, 11) is 3.39. The molecule has 0 radical (unpaired) electrons. The van der Waals surface area contributed by atoms with Gasteiger partial charge in [0.1, 0.15) is 11.7 Å². The van der Waals surface area contributed by atoms with Crippen molar-refractivity contribution in [1.82, 2.24) is 0 Å². The number of carboxylic acid groups (broad SMARTS) is 1. The van der Waals surface area contributed by atoms with E-state index in [4.69, 9.17) is 44.7 Å². The molecule has 0 amide bonds. The molecule has 3 rings (SSSR count). The fourth-order valence-corrected chi connectivity index (χ4v) is 3.60. The Hall–Kier alpha value is -2.09. The average molecular weight is 519 g/mol. The van der Waals surface area contributed by atoms with Gasteiger partial charge in [0.15, 0.2) is 0 Å². The summed E-state index contributed by atoms with van der Waals surface area (Å²) in [6.07, 6.45) is 0. The number of anilines is 1. The third-order valence-corrected chi connectivity index (χ3v) is 5.81. The number of rotatable bonds is 4. The molecule has 0 bridgehead atoms. The zero-order valence-corrected chi connectivity index (χ0v) is 21.3. The van der Waals surface area contributed by atoms with E-state index in [0.29, 0.717) is 20.6 Å². The van der Waals surface area contributed by atoms with Gasteiger partial charge in [0.2, 0.25) is 0 Å². The molecule has 1 heterocycles. The van der Waals surface area contributed by atoms with Crippen LogP contribution in [0, 0.1) is 6.92 Å². The molecule has 5 nitrogen and oxygen atoms in total. The summed E-state index contributed by atoms with van der Waals surface area (Å²) in [5.74, 6) is -0.917. The van der Waals surface area contributed by atoms with Crippen LogP contribution < -0.4 is 5.32 Å². The summed E-state index contributed by atoms with van der Waals surface area (Å²) in [5, 5.41) is 14.0. The number of aromatic carboxylic acids is 1. The second-order valence-electron chi connectivity index (χ2n) is 5.89. The van der Waals surface area contributed by atoms with Crippen molar-refractivity contribution in [2.75, 3.05) is 26.1 Å². The molecule has 0 atom stereocenters. The van der Waals surface area contributed by atoms with Gasteiger partial charge >= 0.3 is 5.97 Å². The predicted molar refractivity (Wildman–Crippen MR) is 137 cm³/mol. The summed E-state index contributed by atoms with van der Waals surface area (Å²) < 4.78 is 4.54. The summed E-state index contributed by atoms with van der Waals surface area (Å²) in [6, 6.07) is 14.6. The Balaban J connectivity index is 0.000000537. The van der Waals surface area contributed by atoms with Crippen LogP contribution >= 0.6 is 46.1 Å². The number of carbonyl (C=O) groups is 2. The molecule has 3 aromatic rings. The summed E-state index contributed by atoms with van der Waals surface area (Å²) in [6.45, 7) is 6.72. The highest BCUT2D eigenvalue weighted by Crippen LogP contribution is 2.35.